The van der Waals surface area contributed by atoms with Gasteiger partial charge in [0.05, 0.1) is 22.5 Å². The number of halogens is 2. The van der Waals surface area contributed by atoms with Crippen LogP contribution in [0.1, 0.15) is 30.9 Å². The maximum atomic E-state index is 14.8. The minimum absolute atomic E-state index is 0.0835. The fraction of sp³-hybridized carbons (Fsp3) is 0.226. The van der Waals surface area contributed by atoms with Gasteiger partial charge in [-0.3, -0.25) is 19.5 Å². The van der Waals surface area contributed by atoms with Gasteiger partial charge in [0, 0.05) is 29.1 Å². The van der Waals surface area contributed by atoms with E-state index in [0.717, 1.165) is 47.4 Å². The normalized spacial score (nSPS) is 11.5. The number of hydrogen-bond donors (Lipinski definition) is 0. The van der Waals surface area contributed by atoms with Crippen LogP contribution in [0.4, 0.5) is 14.5 Å². The number of unbranched alkanes of at least 4 members (excludes halogenated alkanes) is 1. The first-order valence-electron chi connectivity index (χ1n) is 13.4. The molecule has 3 aromatic carbocycles. The maximum absolute atomic E-state index is 14.8. The molecule has 0 N–H and O–H groups in total. The van der Waals surface area contributed by atoms with E-state index < -0.39 is 34.4 Å². The van der Waals surface area contributed by atoms with Crippen molar-refractivity contribution in [3.05, 3.63) is 127 Å². The molecule has 0 fully saturated rings. The fourth-order valence-electron chi connectivity index (χ4n) is 4.95. The van der Waals surface area contributed by atoms with E-state index in [4.69, 9.17) is 0 Å². The third-order valence-electron chi connectivity index (χ3n) is 7.13. The number of fused-ring (bicyclic) bond motifs is 1. The molecule has 0 saturated carbocycles. The topological polar surface area (TPSA) is 90.4 Å². The van der Waals surface area contributed by atoms with Crippen LogP contribution in [0, 0.1) is 21.7 Å². The lowest BCUT2D eigenvalue weighted by Crippen LogP contribution is -2.39. The minimum atomic E-state index is -0.806. The molecule has 2 heterocycles. The first kappa shape index (κ1) is 29.0. The summed E-state index contributed by atoms with van der Waals surface area (Å²) in [5.41, 5.74) is -0.0720. The zero-order valence-electron chi connectivity index (χ0n) is 23.0. The van der Waals surface area contributed by atoms with E-state index in [1.807, 2.05) is 7.05 Å². The molecule has 11 heteroatoms. The van der Waals surface area contributed by atoms with Crippen molar-refractivity contribution in [1.82, 2.24) is 14.0 Å². The third-order valence-corrected chi connectivity index (χ3v) is 8.43. The molecular formula is C31H28F2N4O4S. The first-order chi connectivity index (χ1) is 20.2. The van der Waals surface area contributed by atoms with Crippen molar-refractivity contribution in [2.75, 3.05) is 13.6 Å². The van der Waals surface area contributed by atoms with Crippen LogP contribution in [0.5, 0.6) is 0 Å². The summed E-state index contributed by atoms with van der Waals surface area (Å²) in [6, 6.07) is 17.9. The second kappa shape index (κ2) is 12.2. The Bertz CT molecular complexity index is 1860. The quantitative estimate of drug-likeness (QED) is 0.140. The molecule has 5 rings (SSSR count). The Labute approximate surface area is 243 Å². The van der Waals surface area contributed by atoms with Gasteiger partial charge in [-0.1, -0.05) is 37.6 Å². The number of rotatable bonds is 10. The van der Waals surface area contributed by atoms with Crippen LogP contribution in [-0.4, -0.2) is 32.5 Å². The number of benzene rings is 3. The van der Waals surface area contributed by atoms with Gasteiger partial charge in [-0.05, 0) is 67.5 Å². The van der Waals surface area contributed by atoms with Gasteiger partial charge < -0.3 is 4.90 Å². The van der Waals surface area contributed by atoms with Crippen molar-refractivity contribution in [2.24, 2.45) is 0 Å². The summed E-state index contributed by atoms with van der Waals surface area (Å²) >= 11 is 1.16. The number of nitro groups is 1. The molecule has 0 atom stereocenters. The van der Waals surface area contributed by atoms with Crippen molar-refractivity contribution in [2.45, 2.75) is 32.9 Å². The molecule has 2 aromatic heterocycles. The highest BCUT2D eigenvalue weighted by Crippen LogP contribution is 2.38. The van der Waals surface area contributed by atoms with Crippen LogP contribution in [0.25, 0.3) is 26.3 Å². The molecule has 0 amide bonds. The smallest absolute Gasteiger partial charge is 0.302 e. The summed E-state index contributed by atoms with van der Waals surface area (Å²) in [7, 11) is 1.93. The van der Waals surface area contributed by atoms with E-state index in [0.29, 0.717) is 28.2 Å². The molecule has 5 aromatic rings. The Morgan fingerprint density at radius 2 is 1.60 bits per heavy atom. The van der Waals surface area contributed by atoms with E-state index in [-0.39, 0.29) is 21.5 Å². The molecule has 0 unspecified atom stereocenters. The fourth-order valence-corrected chi connectivity index (χ4v) is 6.25. The van der Waals surface area contributed by atoms with Crippen molar-refractivity contribution in [1.29, 1.82) is 0 Å². The van der Waals surface area contributed by atoms with Crippen LogP contribution in [-0.2, 0) is 13.1 Å². The maximum Gasteiger partial charge on any atom is 0.337 e. The molecule has 0 bridgehead atoms. The molecule has 0 radical (unpaired) electrons. The molecule has 0 saturated heterocycles. The van der Waals surface area contributed by atoms with E-state index in [1.165, 1.54) is 22.8 Å². The molecule has 42 heavy (non-hydrogen) atoms. The van der Waals surface area contributed by atoms with Gasteiger partial charge >= 0.3 is 5.69 Å². The van der Waals surface area contributed by atoms with Gasteiger partial charge in [-0.2, -0.15) is 0 Å². The van der Waals surface area contributed by atoms with Gasteiger partial charge in [0.15, 0.2) is 0 Å². The van der Waals surface area contributed by atoms with Gasteiger partial charge in [0.1, 0.15) is 16.5 Å². The molecule has 0 aliphatic rings. The Balaban J connectivity index is 1.85. The second-order valence-electron chi connectivity index (χ2n) is 10.0. The number of nitro benzene ring substituents is 1. The highest BCUT2D eigenvalue weighted by Gasteiger charge is 2.25. The van der Waals surface area contributed by atoms with E-state index in [9.17, 15) is 28.5 Å². The number of thiophene rings is 1. The average Bonchev–Trinajstić information content (AvgIpc) is 3.35. The lowest BCUT2D eigenvalue weighted by molar-refractivity contribution is -0.384. The lowest BCUT2D eigenvalue weighted by Gasteiger charge is -2.18. The highest BCUT2D eigenvalue weighted by molar-refractivity contribution is 7.22. The summed E-state index contributed by atoms with van der Waals surface area (Å²) in [6.45, 7) is 2.74. The summed E-state index contributed by atoms with van der Waals surface area (Å²) < 4.78 is 31.9. The summed E-state index contributed by atoms with van der Waals surface area (Å²) in [5.74, 6) is -1.61. The Kier molecular flexibility index (Phi) is 8.41. The molecule has 216 valence electrons. The van der Waals surface area contributed by atoms with E-state index in [2.05, 4.69) is 11.8 Å². The summed E-state index contributed by atoms with van der Waals surface area (Å²) in [5, 5.41) is 11.5. The summed E-state index contributed by atoms with van der Waals surface area (Å²) in [4.78, 5) is 41.9. The lowest BCUT2D eigenvalue weighted by atomic mass is 10.1. The number of aromatic nitrogens is 2. The van der Waals surface area contributed by atoms with Gasteiger partial charge in [0.25, 0.3) is 11.2 Å². The minimum Gasteiger partial charge on any atom is -0.302 e. The SMILES string of the molecule is CCCCN(C)Cc1c(-c2ccc([N+](=O)[O-])cc2)sc2c1c(=O)n(-c1ccccc1)c(=O)n2Cc1c(F)cccc1F. The molecule has 8 nitrogen and oxygen atoms in total. The van der Waals surface area contributed by atoms with E-state index in [1.54, 1.807) is 42.5 Å². The third kappa shape index (κ3) is 5.53. The first-order valence-corrected chi connectivity index (χ1v) is 14.3. The Hall–Kier alpha value is -4.48. The highest BCUT2D eigenvalue weighted by atomic mass is 32.1. The van der Waals surface area contributed by atoms with Crippen molar-refractivity contribution in [3.8, 4) is 16.1 Å². The second-order valence-corrected chi connectivity index (χ2v) is 11.0. The standard InChI is InChI=1S/C31H28F2N4O4S/c1-3-4-17-34(2)18-24-27-29(38)36(21-9-6-5-7-10-21)31(39)35(19-23-25(32)11-8-12-26(23)33)30(27)42-28(24)20-13-15-22(16-14-20)37(40)41/h5-16H,3-4,17-19H2,1-2H3. The number of non-ortho nitro benzene ring substituents is 1. The van der Waals surface area contributed by atoms with Crippen LogP contribution < -0.4 is 11.2 Å². The van der Waals surface area contributed by atoms with E-state index >= 15 is 0 Å². The Morgan fingerprint density at radius 3 is 2.21 bits per heavy atom. The van der Waals surface area contributed by atoms with Crippen LogP contribution in [0.3, 0.4) is 0 Å². The van der Waals surface area contributed by atoms with Gasteiger partial charge in [-0.15, -0.1) is 11.3 Å². The monoisotopic (exact) mass is 590 g/mol. The molecular weight excluding hydrogens is 562 g/mol. The van der Waals surface area contributed by atoms with Crippen molar-refractivity contribution < 1.29 is 13.7 Å². The predicted octanol–water partition coefficient (Wildman–Crippen LogP) is 6.35. The van der Waals surface area contributed by atoms with Crippen LogP contribution in [0.15, 0.2) is 82.4 Å². The molecule has 0 aliphatic heterocycles. The average molecular weight is 591 g/mol. The largest absolute Gasteiger partial charge is 0.337 e. The van der Waals surface area contributed by atoms with Crippen molar-refractivity contribution >= 4 is 27.2 Å². The van der Waals surface area contributed by atoms with Crippen LogP contribution >= 0.6 is 11.3 Å². The van der Waals surface area contributed by atoms with Gasteiger partial charge in [-0.25, -0.2) is 18.1 Å². The number of hydrogen-bond acceptors (Lipinski definition) is 6. The van der Waals surface area contributed by atoms with Gasteiger partial charge in [0.2, 0.25) is 0 Å². The molecule has 0 aliphatic carbocycles. The molecule has 0 spiro atoms. The zero-order valence-corrected chi connectivity index (χ0v) is 23.9. The number of para-hydroxylation sites is 1. The van der Waals surface area contributed by atoms with Crippen LogP contribution in [0.2, 0.25) is 0 Å². The van der Waals surface area contributed by atoms with Crippen molar-refractivity contribution in [3.63, 3.8) is 0 Å². The Morgan fingerprint density at radius 1 is 0.929 bits per heavy atom. The summed E-state index contributed by atoms with van der Waals surface area (Å²) in [6.07, 6.45) is 1.90. The number of nitrogens with zero attached hydrogens (tertiary/aromatic N) is 4. The zero-order chi connectivity index (χ0) is 30.0. The predicted molar refractivity (Wildman–Crippen MR) is 160 cm³/mol.